The van der Waals surface area contributed by atoms with E-state index in [1.54, 1.807) is 0 Å². The van der Waals surface area contributed by atoms with Crippen LogP contribution in [-0.2, 0) is 4.79 Å². The molecule has 21 heavy (non-hydrogen) atoms. The van der Waals surface area contributed by atoms with Crippen LogP contribution in [0.1, 0.15) is 40.5 Å². The smallest absolute Gasteiger partial charge is 0.241 e. The third-order valence-corrected chi connectivity index (χ3v) is 3.45. The number of rotatable bonds is 5. The Bertz CT molecular complexity index is 326. The number of carbonyl (C=O) groups excluding carboxylic acids is 1. The molecular weight excluding hydrogens is 379 g/mol. The number of aliphatic imine (C=N–C) groups is 1. The highest BCUT2D eigenvalue weighted by Gasteiger charge is 2.24. The van der Waals surface area contributed by atoms with Crippen LogP contribution in [0.4, 0.5) is 0 Å². The number of amides is 1. The van der Waals surface area contributed by atoms with Crippen molar-refractivity contribution in [1.82, 2.24) is 15.5 Å². The van der Waals surface area contributed by atoms with Gasteiger partial charge in [0.05, 0.1) is 0 Å². The monoisotopic (exact) mass is 410 g/mol. The first-order valence-electron chi connectivity index (χ1n) is 7.86. The zero-order valence-corrected chi connectivity index (χ0v) is 16.1. The van der Waals surface area contributed by atoms with E-state index in [0.717, 1.165) is 38.6 Å². The maximum absolute atomic E-state index is 11.7. The average Bonchev–Trinajstić information content (AvgIpc) is 2.40. The van der Waals surface area contributed by atoms with E-state index in [9.17, 15) is 4.79 Å². The van der Waals surface area contributed by atoms with Gasteiger partial charge in [0.2, 0.25) is 5.91 Å². The molecule has 0 aromatic heterocycles. The first-order valence-corrected chi connectivity index (χ1v) is 7.86. The minimum Gasteiger partial charge on any atom is -0.357 e. The lowest BCUT2D eigenvalue weighted by Crippen LogP contribution is -2.48. The van der Waals surface area contributed by atoms with E-state index >= 15 is 0 Å². The standard InChI is InChI=1S/C15H30N4O.HI/c1-5-7-17-14(20)9-18-15(16-6-2)19-10-12(3)8-13(4)11-19;/h12-13H,5-11H2,1-4H3,(H,16,18)(H,17,20);1H. The topological polar surface area (TPSA) is 56.7 Å². The fourth-order valence-electron chi connectivity index (χ4n) is 2.73. The summed E-state index contributed by atoms with van der Waals surface area (Å²) in [6, 6.07) is 0. The Balaban J connectivity index is 0.00000400. The van der Waals surface area contributed by atoms with E-state index in [4.69, 9.17) is 0 Å². The lowest BCUT2D eigenvalue weighted by atomic mass is 9.92. The van der Waals surface area contributed by atoms with Crippen LogP contribution in [-0.4, -0.2) is 49.5 Å². The van der Waals surface area contributed by atoms with Gasteiger partial charge in [-0.1, -0.05) is 20.8 Å². The summed E-state index contributed by atoms with van der Waals surface area (Å²) in [4.78, 5) is 18.4. The van der Waals surface area contributed by atoms with Crippen molar-refractivity contribution in [3.63, 3.8) is 0 Å². The molecule has 124 valence electrons. The Hall–Kier alpha value is -0.530. The van der Waals surface area contributed by atoms with Gasteiger partial charge in [0.25, 0.3) is 0 Å². The van der Waals surface area contributed by atoms with Crippen molar-refractivity contribution in [3.8, 4) is 0 Å². The highest BCUT2D eigenvalue weighted by molar-refractivity contribution is 14.0. The Kier molecular flexibility index (Phi) is 10.8. The number of nitrogens with one attached hydrogen (secondary N) is 2. The van der Waals surface area contributed by atoms with Gasteiger partial charge < -0.3 is 15.5 Å². The van der Waals surface area contributed by atoms with Crippen molar-refractivity contribution in [2.45, 2.75) is 40.5 Å². The molecule has 0 saturated carbocycles. The third-order valence-electron chi connectivity index (χ3n) is 3.45. The Morgan fingerprint density at radius 3 is 2.33 bits per heavy atom. The maximum Gasteiger partial charge on any atom is 0.241 e. The van der Waals surface area contributed by atoms with Crippen molar-refractivity contribution >= 4 is 35.8 Å². The molecule has 2 unspecified atom stereocenters. The predicted molar refractivity (Wildman–Crippen MR) is 99.2 cm³/mol. The van der Waals surface area contributed by atoms with Crippen molar-refractivity contribution in [3.05, 3.63) is 0 Å². The van der Waals surface area contributed by atoms with Crippen molar-refractivity contribution < 1.29 is 4.79 Å². The SMILES string of the molecule is CCCNC(=O)CN=C(NCC)N1CC(C)CC(C)C1.I. The highest BCUT2D eigenvalue weighted by Crippen LogP contribution is 2.20. The van der Waals surface area contributed by atoms with Gasteiger partial charge >= 0.3 is 0 Å². The van der Waals surface area contributed by atoms with Gasteiger partial charge in [0.15, 0.2) is 5.96 Å². The van der Waals surface area contributed by atoms with Crippen LogP contribution in [0.3, 0.4) is 0 Å². The van der Waals surface area contributed by atoms with E-state index < -0.39 is 0 Å². The van der Waals surface area contributed by atoms with E-state index in [1.165, 1.54) is 6.42 Å². The van der Waals surface area contributed by atoms with Crippen LogP contribution >= 0.6 is 24.0 Å². The van der Waals surface area contributed by atoms with Gasteiger partial charge in [-0.3, -0.25) is 4.79 Å². The summed E-state index contributed by atoms with van der Waals surface area (Å²) >= 11 is 0. The number of halogens is 1. The molecule has 0 aromatic carbocycles. The molecule has 2 atom stereocenters. The van der Waals surface area contributed by atoms with Crippen LogP contribution in [0.2, 0.25) is 0 Å². The molecule has 0 aliphatic carbocycles. The molecule has 0 radical (unpaired) electrons. The summed E-state index contributed by atoms with van der Waals surface area (Å²) < 4.78 is 0. The van der Waals surface area contributed by atoms with Gasteiger partial charge in [0, 0.05) is 26.2 Å². The molecule has 1 aliphatic rings. The summed E-state index contributed by atoms with van der Waals surface area (Å²) in [5.74, 6) is 2.23. The highest BCUT2D eigenvalue weighted by atomic mass is 127. The molecule has 1 rings (SSSR count). The summed E-state index contributed by atoms with van der Waals surface area (Å²) in [5.41, 5.74) is 0. The summed E-state index contributed by atoms with van der Waals surface area (Å²) in [6.07, 6.45) is 2.23. The van der Waals surface area contributed by atoms with Crippen molar-refractivity contribution in [2.24, 2.45) is 16.8 Å². The fraction of sp³-hybridized carbons (Fsp3) is 0.867. The second kappa shape index (κ2) is 11.1. The molecule has 5 nitrogen and oxygen atoms in total. The molecular formula is C15H31IN4O. The summed E-state index contributed by atoms with van der Waals surface area (Å²) in [7, 11) is 0. The number of hydrogen-bond acceptors (Lipinski definition) is 2. The molecule has 0 bridgehead atoms. The van der Waals surface area contributed by atoms with E-state index in [0.29, 0.717) is 11.8 Å². The summed E-state index contributed by atoms with van der Waals surface area (Å²) in [5, 5.41) is 6.16. The maximum atomic E-state index is 11.7. The number of nitrogens with zero attached hydrogens (tertiary/aromatic N) is 2. The Morgan fingerprint density at radius 2 is 1.81 bits per heavy atom. The van der Waals surface area contributed by atoms with Gasteiger partial charge in [-0.15, -0.1) is 24.0 Å². The van der Waals surface area contributed by atoms with Gasteiger partial charge in [-0.25, -0.2) is 4.99 Å². The quantitative estimate of drug-likeness (QED) is 0.415. The molecule has 1 fully saturated rings. The van der Waals surface area contributed by atoms with Gasteiger partial charge in [0.1, 0.15) is 6.54 Å². The van der Waals surface area contributed by atoms with Crippen LogP contribution in [0, 0.1) is 11.8 Å². The van der Waals surface area contributed by atoms with Crippen LogP contribution in [0.25, 0.3) is 0 Å². The van der Waals surface area contributed by atoms with Crippen molar-refractivity contribution in [2.75, 3.05) is 32.7 Å². The molecule has 1 aliphatic heterocycles. The second-order valence-corrected chi connectivity index (χ2v) is 5.87. The lowest BCUT2D eigenvalue weighted by Gasteiger charge is -2.37. The number of carbonyl (C=O) groups is 1. The van der Waals surface area contributed by atoms with E-state index in [1.807, 2.05) is 6.92 Å². The van der Waals surface area contributed by atoms with Crippen molar-refractivity contribution in [1.29, 1.82) is 0 Å². The van der Waals surface area contributed by atoms with E-state index in [-0.39, 0.29) is 36.4 Å². The first kappa shape index (κ1) is 20.5. The summed E-state index contributed by atoms with van der Waals surface area (Å²) in [6.45, 7) is 12.5. The lowest BCUT2D eigenvalue weighted by molar-refractivity contribution is -0.119. The van der Waals surface area contributed by atoms with Crippen LogP contribution in [0.15, 0.2) is 4.99 Å². The number of likely N-dealkylation sites (tertiary alicyclic amines) is 1. The molecule has 1 saturated heterocycles. The normalized spacial score (nSPS) is 22.5. The molecule has 1 amide bonds. The zero-order valence-electron chi connectivity index (χ0n) is 13.8. The zero-order chi connectivity index (χ0) is 15.0. The average molecular weight is 410 g/mol. The van der Waals surface area contributed by atoms with Crippen LogP contribution in [0.5, 0.6) is 0 Å². The number of hydrogen-bond donors (Lipinski definition) is 2. The minimum absolute atomic E-state index is 0. The molecule has 2 N–H and O–H groups in total. The number of piperidine rings is 1. The van der Waals surface area contributed by atoms with E-state index in [2.05, 4.69) is 41.3 Å². The van der Waals surface area contributed by atoms with Crippen LogP contribution < -0.4 is 10.6 Å². The van der Waals surface area contributed by atoms with Gasteiger partial charge in [-0.2, -0.15) is 0 Å². The molecule has 1 heterocycles. The minimum atomic E-state index is 0. The fourth-order valence-corrected chi connectivity index (χ4v) is 2.73. The molecule has 0 spiro atoms. The van der Waals surface area contributed by atoms with Gasteiger partial charge in [-0.05, 0) is 31.6 Å². The molecule has 0 aromatic rings. The second-order valence-electron chi connectivity index (χ2n) is 5.87. The third kappa shape index (κ3) is 7.87. The largest absolute Gasteiger partial charge is 0.357 e. The Morgan fingerprint density at radius 1 is 1.19 bits per heavy atom. The molecule has 6 heteroatoms. The first-order chi connectivity index (χ1) is 9.56. The number of guanidine groups is 1. The predicted octanol–water partition coefficient (Wildman–Crippen LogP) is 2.07. The Labute approximate surface area is 146 Å².